The highest BCUT2D eigenvalue weighted by Crippen LogP contribution is 2.40. The lowest BCUT2D eigenvalue weighted by atomic mass is 9.94. The van der Waals surface area contributed by atoms with Crippen LogP contribution in [0.25, 0.3) is 0 Å². The molecule has 0 saturated carbocycles. The molecular weight excluding hydrogens is 471 g/mol. The average Bonchev–Trinajstić information content (AvgIpc) is 2.82. The maximum absolute atomic E-state index is 13.3. The van der Waals surface area contributed by atoms with Crippen LogP contribution in [-0.4, -0.2) is 40.3 Å². The fraction of sp³-hybridized carbons (Fsp3) is 0.400. The molecule has 4 N–H and O–H groups in total. The average molecular weight is 505 g/mol. The predicted molar refractivity (Wildman–Crippen MR) is 133 cm³/mol. The third-order valence-corrected chi connectivity index (χ3v) is 7.02. The number of aliphatic carboxylic acids is 1. The first-order valence-electron chi connectivity index (χ1n) is 11.4. The van der Waals surface area contributed by atoms with Crippen LogP contribution in [-0.2, 0) is 38.3 Å². The van der Waals surface area contributed by atoms with E-state index in [2.05, 4.69) is 10.6 Å². The van der Waals surface area contributed by atoms with E-state index >= 15 is 0 Å². The van der Waals surface area contributed by atoms with Crippen molar-refractivity contribution in [3.8, 4) is 0 Å². The molecule has 0 aromatic heterocycles. The Morgan fingerprint density at radius 2 is 1.71 bits per heavy atom. The van der Waals surface area contributed by atoms with Gasteiger partial charge in [-0.3, -0.25) is 9.36 Å². The zero-order valence-corrected chi connectivity index (χ0v) is 21.1. The first-order valence-corrected chi connectivity index (χ1v) is 13.3. The van der Waals surface area contributed by atoms with Gasteiger partial charge >= 0.3 is 12.1 Å². The Bertz CT molecular complexity index is 1070. The first kappa shape index (κ1) is 28.1. The van der Waals surface area contributed by atoms with Gasteiger partial charge in [-0.15, -0.1) is 0 Å². The van der Waals surface area contributed by atoms with Crippen LogP contribution in [0.15, 0.2) is 48.5 Å². The lowest BCUT2D eigenvalue weighted by Crippen LogP contribution is -2.42. The van der Waals surface area contributed by atoms with Crippen LogP contribution < -0.4 is 15.9 Å². The van der Waals surface area contributed by atoms with E-state index in [0.717, 1.165) is 5.56 Å². The second-order valence-corrected chi connectivity index (χ2v) is 10.8. The van der Waals surface area contributed by atoms with Crippen LogP contribution in [0, 0.1) is 5.92 Å². The van der Waals surface area contributed by atoms with E-state index in [1.54, 1.807) is 31.2 Å². The Kier molecular flexibility index (Phi) is 10.5. The molecule has 0 heterocycles. The van der Waals surface area contributed by atoms with Crippen molar-refractivity contribution in [3.05, 3.63) is 65.2 Å². The summed E-state index contributed by atoms with van der Waals surface area (Å²) >= 11 is 0. The molecule has 0 radical (unpaired) electrons. The Labute approximate surface area is 205 Å². The Morgan fingerprint density at radius 1 is 1.03 bits per heavy atom. The van der Waals surface area contributed by atoms with Crippen molar-refractivity contribution >= 4 is 30.6 Å². The lowest BCUT2D eigenvalue weighted by Gasteiger charge is -2.22. The zero-order chi connectivity index (χ0) is 26.0. The molecule has 2 aromatic rings. The largest absolute Gasteiger partial charge is 0.480 e. The highest BCUT2D eigenvalue weighted by Gasteiger charge is 2.29. The van der Waals surface area contributed by atoms with E-state index in [4.69, 9.17) is 4.74 Å². The quantitative estimate of drug-likeness (QED) is 0.325. The van der Waals surface area contributed by atoms with E-state index in [1.807, 2.05) is 32.0 Å². The Hall–Kier alpha value is -3.16. The van der Waals surface area contributed by atoms with E-state index < -0.39 is 37.7 Å². The summed E-state index contributed by atoms with van der Waals surface area (Å²) in [6, 6.07) is 12.6. The molecule has 35 heavy (non-hydrogen) atoms. The molecule has 2 amide bonds. The summed E-state index contributed by atoms with van der Waals surface area (Å²) in [5.41, 5.74) is 1.88. The molecule has 0 aliphatic rings. The molecule has 10 heteroatoms. The molecule has 0 fully saturated rings. The van der Waals surface area contributed by atoms with Gasteiger partial charge in [0.2, 0.25) is 13.3 Å². The van der Waals surface area contributed by atoms with Crippen LogP contribution >= 0.6 is 7.37 Å². The van der Waals surface area contributed by atoms with Crippen molar-refractivity contribution < 1.29 is 33.7 Å². The van der Waals surface area contributed by atoms with Crippen molar-refractivity contribution in [2.45, 2.75) is 52.7 Å². The SMILES string of the molecule is CCC(=O)NC(Cc1cccc(P(=O)(O)CNC(=O)OCc2ccccc2)c1CC(C)C)C(=O)O. The molecule has 190 valence electrons. The molecule has 9 nitrogen and oxygen atoms in total. The predicted octanol–water partition coefficient (Wildman–Crippen LogP) is 3.19. The van der Waals surface area contributed by atoms with Gasteiger partial charge in [0.15, 0.2) is 0 Å². The number of carboxylic acid groups (broad SMARTS) is 1. The van der Waals surface area contributed by atoms with E-state index in [9.17, 15) is 28.9 Å². The summed E-state index contributed by atoms with van der Waals surface area (Å²) in [4.78, 5) is 46.5. The highest BCUT2D eigenvalue weighted by atomic mass is 31.2. The van der Waals surface area contributed by atoms with Gasteiger partial charge in [0.05, 0.1) is 0 Å². The van der Waals surface area contributed by atoms with Gasteiger partial charge in [-0.05, 0) is 35.1 Å². The molecule has 2 rings (SSSR count). The van der Waals surface area contributed by atoms with Gasteiger partial charge in [-0.1, -0.05) is 63.2 Å². The number of carboxylic acids is 1. The Balaban J connectivity index is 2.21. The third kappa shape index (κ3) is 8.85. The molecule has 0 aliphatic carbocycles. The van der Waals surface area contributed by atoms with E-state index in [1.165, 1.54) is 6.07 Å². The summed E-state index contributed by atoms with van der Waals surface area (Å²) in [6.45, 7) is 5.53. The van der Waals surface area contributed by atoms with E-state index in [-0.39, 0.29) is 30.7 Å². The molecule has 0 bridgehead atoms. The fourth-order valence-corrected chi connectivity index (χ4v) is 5.02. The van der Waals surface area contributed by atoms with Crippen LogP contribution in [0.3, 0.4) is 0 Å². The number of alkyl carbamates (subject to hydrolysis) is 1. The number of ether oxygens (including phenoxy) is 1. The molecule has 2 aromatic carbocycles. The van der Waals surface area contributed by atoms with Crippen molar-refractivity contribution in [3.63, 3.8) is 0 Å². The summed E-state index contributed by atoms with van der Waals surface area (Å²) in [6.07, 6.45) is -0.838. The monoisotopic (exact) mass is 504 g/mol. The van der Waals surface area contributed by atoms with Crippen LogP contribution in [0.1, 0.15) is 43.9 Å². The van der Waals surface area contributed by atoms with Gasteiger partial charge in [-0.2, -0.15) is 0 Å². The number of rotatable bonds is 12. The van der Waals surface area contributed by atoms with Crippen molar-refractivity contribution in [2.24, 2.45) is 5.92 Å². The normalized spacial score (nSPS) is 13.5. The van der Waals surface area contributed by atoms with Crippen LogP contribution in [0.2, 0.25) is 0 Å². The highest BCUT2D eigenvalue weighted by molar-refractivity contribution is 7.66. The van der Waals surface area contributed by atoms with Crippen molar-refractivity contribution in [1.82, 2.24) is 10.6 Å². The maximum Gasteiger partial charge on any atom is 0.407 e. The van der Waals surface area contributed by atoms with Gasteiger partial charge in [-0.25, -0.2) is 9.59 Å². The summed E-state index contributed by atoms with van der Waals surface area (Å²) in [5, 5.41) is 14.6. The number of carbonyl (C=O) groups excluding carboxylic acids is 2. The number of amides is 2. The lowest BCUT2D eigenvalue weighted by molar-refractivity contribution is -0.141. The zero-order valence-electron chi connectivity index (χ0n) is 20.2. The fourth-order valence-electron chi connectivity index (χ4n) is 3.53. The van der Waals surface area contributed by atoms with Gasteiger partial charge in [0.25, 0.3) is 0 Å². The molecule has 0 aliphatic heterocycles. The van der Waals surface area contributed by atoms with Gasteiger partial charge in [0, 0.05) is 18.1 Å². The topological polar surface area (TPSA) is 142 Å². The minimum atomic E-state index is -4.06. The minimum Gasteiger partial charge on any atom is -0.480 e. The molecule has 0 spiro atoms. The number of nitrogens with one attached hydrogen (secondary N) is 2. The smallest absolute Gasteiger partial charge is 0.407 e. The van der Waals surface area contributed by atoms with Gasteiger partial charge < -0.3 is 25.4 Å². The summed E-state index contributed by atoms with van der Waals surface area (Å²) in [5.74, 6) is -1.49. The number of benzene rings is 2. The summed E-state index contributed by atoms with van der Waals surface area (Å²) < 4.78 is 18.4. The summed E-state index contributed by atoms with van der Waals surface area (Å²) in [7, 11) is -4.06. The number of carbonyl (C=O) groups is 3. The molecule has 2 unspecified atom stereocenters. The second kappa shape index (κ2) is 13.1. The van der Waals surface area contributed by atoms with Crippen LogP contribution in [0.5, 0.6) is 0 Å². The third-order valence-electron chi connectivity index (χ3n) is 5.27. The standard InChI is InChI=1S/C25H33N2O7P/c1-4-23(28)27-21(24(29)30)14-19-11-8-12-22(20(19)13-17(2)3)35(32,33)16-26-25(31)34-15-18-9-6-5-7-10-18/h5-12,17,21H,4,13-16H2,1-3H3,(H,26,31)(H,27,28)(H,29,30)(H,32,33). The molecular formula is C25H33N2O7P. The van der Waals surface area contributed by atoms with Crippen LogP contribution in [0.4, 0.5) is 4.79 Å². The number of hydrogen-bond donors (Lipinski definition) is 4. The first-order chi connectivity index (χ1) is 16.5. The van der Waals surface area contributed by atoms with Crippen molar-refractivity contribution in [2.75, 3.05) is 6.29 Å². The van der Waals surface area contributed by atoms with Crippen molar-refractivity contribution in [1.29, 1.82) is 0 Å². The molecule has 2 atom stereocenters. The maximum atomic E-state index is 13.3. The second-order valence-electron chi connectivity index (χ2n) is 8.63. The Morgan fingerprint density at radius 3 is 2.31 bits per heavy atom. The molecule has 0 saturated heterocycles. The van der Waals surface area contributed by atoms with Gasteiger partial charge in [0.1, 0.15) is 18.9 Å². The minimum absolute atomic E-state index is 0.0244. The van der Waals surface area contributed by atoms with E-state index in [0.29, 0.717) is 17.5 Å². The number of hydrogen-bond acceptors (Lipinski definition) is 5.